The van der Waals surface area contributed by atoms with Crippen LogP contribution in [0.15, 0.2) is 18.2 Å². The molecule has 0 atom stereocenters. The lowest BCUT2D eigenvalue weighted by atomic mass is 10.1. The fraction of sp³-hybridized carbons (Fsp3) is 0.364. The number of fused-ring (bicyclic) bond motifs is 1. The molecule has 0 fully saturated rings. The minimum atomic E-state index is 0.146. The van der Waals surface area contributed by atoms with Crippen LogP contribution in [0, 0.1) is 0 Å². The predicted molar refractivity (Wildman–Crippen MR) is 57.2 cm³/mol. The molecule has 0 radical (unpaired) electrons. The SMILES string of the molecule is CC(C)N1C(=O)Cc2c(N)cccc21. The van der Waals surface area contributed by atoms with E-state index < -0.39 is 0 Å². The van der Waals surface area contributed by atoms with Crippen LogP contribution in [-0.2, 0) is 11.2 Å². The summed E-state index contributed by atoms with van der Waals surface area (Å²) in [5, 5.41) is 0. The minimum Gasteiger partial charge on any atom is -0.398 e. The van der Waals surface area contributed by atoms with Crippen molar-refractivity contribution in [3.63, 3.8) is 0 Å². The van der Waals surface area contributed by atoms with Gasteiger partial charge in [-0.25, -0.2) is 0 Å². The predicted octanol–water partition coefficient (Wildman–Crippen LogP) is 1.57. The zero-order valence-corrected chi connectivity index (χ0v) is 8.45. The number of hydrogen-bond acceptors (Lipinski definition) is 2. The smallest absolute Gasteiger partial charge is 0.231 e. The Labute approximate surface area is 83.5 Å². The molecular formula is C11H14N2O. The van der Waals surface area contributed by atoms with Gasteiger partial charge in [0.2, 0.25) is 5.91 Å². The molecule has 3 nitrogen and oxygen atoms in total. The topological polar surface area (TPSA) is 46.3 Å². The lowest BCUT2D eigenvalue weighted by molar-refractivity contribution is -0.117. The summed E-state index contributed by atoms with van der Waals surface area (Å²) in [4.78, 5) is 13.5. The fourth-order valence-corrected chi connectivity index (χ4v) is 1.95. The summed E-state index contributed by atoms with van der Waals surface area (Å²) >= 11 is 0. The van der Waals surface area contributed by atoms with E-state index in [4.69, 9.17) is 5.73 Å². The second-order valence-electron chi connectivity index (χ2n) is 3.88. The molecule has 2 rings (SSSR count). The van der Waals surface area contributed by atoms with Crippen molar-refractivity contribution < 1.29 is 4.79 Å². The monoisotopic (exact) mass is 190 g/mol. The van der Waals surface area contributed by atoms with Gasteiger partial charge in [-0.2, -0.15) is 0 Å². The first-order chi connectivity index (χ1) is 6.61. The van der Waals surface area contributed by atoms with Crippen LogP contribution in [0.5, 0.6) is 0 Å². The highest BCUT2D eigenvalue weighted by Gasteiger charge is 2.30. The van der Waals surface area contributed by atoms with Gasteiger partial charge in [0, 0.05) is 23.0 Å². The molecule has 1 aromatic rings. The third-order valence-electron chi connectivity index (χ3n) is 2.56. The number of nitrogens with two attached hydrogens (primary N) is 1. The summed E-state index contributed by atoms with van der Waals surface area (Å²) in [6, 6.07) is 5.89. The maximum absolute atomic E-state index is 11.7. The van der Waals surface area contributed by atoms with Crippen LogP contribution in [0.25, 0.3) is 0 Å². The van der Waals surface area contributed by atoms with E-state index >= 15 is 0 Å². The molecule has 1 amide bonds. The van der Waals surface area contributed by atoms with Crippen LogP contribution in [0.4, 0.5) is 11.4 Å². The molecule has 14 heavy (non-hydrogen) atoms. The van der Waals surface area contributed by atoms with Crippen LogP contribution in [-0.4, -0.2) is 11.9 Å². The van der Waals surface area contributed by atoms with Gasteiger partial charge < -0.3 is 10.6 Å². The summed E-state index contributed by atoms with van der Waals surface area (Å²) in [5.74, 6) is 0.146. The van der Waals surface area contributed by atoms with E-state index in [0.29, 0.717) is 6.42 Å². The quantitative estimate of drug-likeness (QED) is 0.683. The number of carbonyl (C=O) groups is 1. The summed E-state index contributed by atoms with van der Waals surface area (Å²) in [6.45, 7) is 4.02. The second-order valence-corrected chi connectivity index (χ2v) is 3.88. The van der Waals surface area contributed by atoms with Gasteiger partial charge in [-0.1, -0.05) is 6.07 Å². The van der Waals surface area contributed by atoms with E-state index in [1.807, 2.05) is 36.9 Å². The molecular weight excluding hydrogens is 176 g/mol. The average molecular weight is 190 g/mol. The molecule has 1 aliphatic rings. The van der Waals surface area contributed by atoms with Crippen LogP contribution in [0.1, 0.15) is 19.4 Å². The van der Waals surface area contributed by atoms with Crippen LogP contribution < -0.4 is 10.6 Å². The lowest BCUT2D eigenvalue weighted by Gasteiger charge is -2.21. The second kappa shape index (κ2) is 3.01. The van der Waals surface area contributed by atoms with Gasteiger partial charge in [0.1, 0.15) is 0 Å². The largest absolute Gasteiger partial charge is 0.398 e. The van der Waals surface area contributed by atoms with Gasteiger partial charge in [0.15, 0.2) is 0 Å². The number of nitrogen functional groups attached to an aromatic ring is 1. The zero-order chi connectivity index (χ0) is 10.3. The summed E-state index contributed by atoms with van der Waals surface area (Å²) in [7, 11) is 0. The Morgan fingerprint density at radius 2 is 2.14 bits per heavy atom. The molecule has 0 saturated heterocycles. The van der Waals surface area contributed by atoms with E-state index in [0.717, 1.165) is 16.9 Å². The summed E-state index contributed by atoms with van der Waals surface area (Å²) in [5.41, 5.74) is 8.49. The average Bonchev–Trinajstić information content (AvgIpc) is 2.42. The Bertz CT molecular complexity index is 385. The van der Waals surface area contributed by atoms with Crippen molar-refractivity contribution in [1.29, 1.82) is 0 Å². The van der Waals surface area contributed by atoms with Crippen molar-refractivity contribution in [1.82, 2.24) is 0 Å². The van der Waals surface area contributed by atoms with E-state index in [1.165, 1.54) is 0 Å². The molecule has 2 N–H and O–H groups in total. The summed E-state index contributed by atoms with van der Waals surface area (Å²) < 4.78 is 0. The van der Waals surface area contributed by atoms with Gasteiger partial charge in [-0.3, -0.25) is 4.79 Å². The first-order valence-corrected chi connectivity index (χ1v) is 4.80. The summed E-state index contributed by atoms with van der Waals surface area (Å²) in [6.07, 6.45) is 0.445. The van der Waals surface area contributed by atoms with Crippen LogP contribution in [0.2, 0.25) is 0 Å². The number of anilines is 2. The van der Waals surface area contributed by atoms with Crippen LogP contribution in [0.3, 0.4) is 0 Å². The van der Waals surface area contributed by atoms with Crippen molar-refractivity contribution in [2.24, 2.45) is 0 Å². The number of nitrogens with zero attached hydrogens (tertiary/aromatic N) is 1. The van der Waals surface area contributed by atoms with E-state index in [-0.39, 0.29) is 11.9 Å². The molecule has 1 aliphatic heterocycles. The Kier molecular flexibility index (Phi) is 1.95. The van der Waals surface area contributed by atoms with Gasteiger partial charge in [0.25, 0.3) is 0 Å². The molecule has 1 heterocycles. The van der Waals surface area contributed by atoms with Gasteiger partial charge >= 0.3 is 0 Å². The molecule has 0 aliphatic carbocycles. The zero-order valence-electron chi connectivity index (χ0n) is 8.45. The maximum atomic E-state index is 11.7. The molecule has 0 bridgehead atoms. The van der Waals surface area contributed by atoms with Crippen molar-refractivity contribution in [2.45, 2.75) is 26.3 Å². The van der Waals surface area contributed by atoms with E-state index in [2.05, 4.69) is 0 Å². The number of benzene rings is 1. The number of hydrogen-bond donors (Lipinski definition) is 1. The Balaban J connectivity index is 2.53. The highest BCUT2D eigenvalue weighted by atomic mass is 16.2. The van der Waals surface area contributed by atoms with Gasteiger partial charge in [0.05, 0.1) is 6.42 Å². The van der Waals surface area contributed by atoms with Crippen molar-refractivity contribution in [3.05, 3.63) is 23.8 Å². The lowest BCUT2D eigenvalue weighted by Crippen LogP contribution is -2.33. The molecule has 0 spiro atoms. The van der Waals surface area contributed by atoms with Crippen molar-refractivity contribution in [3.8, 4) is 0 Å². The molecule has 0 saturated carbocycles. The Morgan fingerprint density at radius 1 is 1.43 bits per heavy atom. The van der Waals surface area contributed by atoms with E-state index in [9.17, 15) is 4.79 Å². The van der Waals surface area contributed by atoms with Crippen LogP contribution >= 0.6 is 0 Å². The number of carbonyl (C=O) groups excluding carboxylic acids is 1. The first kappa shape index (κ1) is 9.06. The van der Waals surface area contributed by atoms with Crippen molar-refractivity contribution in [2.75, 3.05) is 10.6 Å². The third kappa shape index (κ3) is 1.16. The normalized spacial score (nSPS) is 15.1. The first-order valence-electron chi connectivity index (χ1n) is 4.80. The Hall–Kier alpha value is -1.51. The highest BCUT2D eigenvalue weighted by Crippen LogP contribution is 2.33. The minimum absolute atomic E-state index is 0.146. The highest BCUT2D eigenvalue weighted by molar-refractivity contribution is 6.03. The van der Waals surface area contributed by atoms with Gasteiger partial charge in [-0.05, 0) is 26.0 Å². The molecule has 0 unspecified atom stereocenters. The molecule has 1 aromatic carbocycles. The standard InChI is InChI=1S/C11H14N2O/c1-7(2)13-10-5-3-4-9(12)8(10)6-11(13)14/h3-5,7H,6,12H2,1-2H3. The van der Waals surface area contributed by atoms with Gasteiger partial charge in [-0.15, -0.1) is 0 Å². The molecule has 0 aromatic heterocycles. The van der Waals surface area contributed by atoms with Crippen molar-refractivity contribution >= 4 is 17.3 Å². The maximum Gasteiger partial charge on any atom is 0.231 e. The molecule has 3 heteroatoms. The third-order valence-corrected chi connectivity index (χ3v) is 2.56. The fourth-order valence-electron chi connectivity index (χ4n) is 1.95. The Morgan fingerprint density at radius 3 is 2.79 bits per heavy atom. The van der Waals surface area contributed by atoms with E-state index in [1.54, 1.807) is 0 Å². The molecule has 74 valence electrons. The number of amides is 1. The number of rotatable bonds is 1.